The molecule has 0 amide bonds. The first-order valence-corrected chi connectivity index (χ1v) is 21.6. The SMILES string of the molecule is C1CC[Si]C1.Cc1cc2c(-c3ccccc3)cccc2[cH-]1.Cc1cc2c(-c3ccccc3)cccc2[cH-]1.[CH2-]CCC.[CH2-]CCC.[CH2-]CCC.[CH2-]CCC.[Hf].[Hf]. The zero-order valence-corrected chi connectivity index (χ0v) is 43.5. The Labute approximate surface area is 379 Å². The van der Waals surface area contributed by atoms with Crippen molar-refractivity contribution in [2.45, 2.75) is 118 Å². The first-order chi connectivity index (χ1) is 25.8. The molecule has 1 heterocycles. The summed E-state index contributed by atoms with van der Waals surface area (Å²) >= 11 is 0. The average molecular weight is 1080 g/mol. The van der Waals surface area contributed by atoms with Gasteiger partial charge in [0, 0.05) is 61.2 Å². The van der Waals surface area contributed by atoms with Gasteiger partial charge >= 0.3 is 0 Å². The van der Waals surface area contributed by atoms with Crippen molar-refractivity contribution in [3.63, 3.8) is 0 Å². The number of benzene rings is 4. The van der Waals surface area contributed by atoms with Gasteiger partial charge in [-0.1, -0.05) is 176 Å². The molecule has 0 aliphatic carbocycles. The fourth-order valence-electron chi connectivity index (χ4n) is 5.13. The molecule has 1 aliphatic rings. The Morgan fingerprint density at radius 2 is 0.782 bits per heavy atom. The molecule has 7 rings (SSSR count). The number of unbranched alkanes of at least 4 members (excludes halogenated alkanes) is 4. The van der Waals surface area contributed by atoms with Crippen LogP contribution in [0.1, 0.15) is 103 Å². The van der Waals surface area contributed by atoms with E-state index in [-0.39, 0.29) is 51.7 Å². The van der Waals surface area contributed by atoms with Gasteiger partial charge in [-0.3, -0.25) is 0 Å². The zero-order valence-electron chi connectivity index (χ0n) is 35.4. The summed E-state index contributed by atoms with van der Waals surface area (Å²) in [7, 11) is 1.31. The maximum absolute atomic E-state index is 3.60. The first-order valence-electron chi connectivity index (χ1n) is 20.2. The maximum atomic E-state index is 3.60. The minimum Gasteiger partial charge on any atom is -0.343 e. The largest absolute Gasteiger partial charge is 0.343 e. The van der Waals surface area contributed by atoms with Gasteiger partial charge in [0.25, 0.3) is 0 Å². The molecule has 55 heavy (non-hydrogen) atoms. The third-order valence-corrected chi connectivity index (χ3v) is 9.75. The van der Waals surface area contributed by atoms with Gasteiger partial charge in [0.1, 0.15) is 0 Å². The molecule has 0 atom stereocenters. The average Bonchev–Trinajstić information content (AvgIpc) is 4.01. The fourth-order valence-corrected chi connectivity index (χ4v) is 6.38. The Hall–Kier alpha value is -1.94. The number of aryl methyl sites for hydroxylation is 2. The molecule has 0 saturated carbocycles. The van der Waals surface area contributed by atoms with Crippen LogP contribution in [0.25, 0.3) is 43.8 Å². The van der Waals surface area contributed by atoms with Gasteiger partial charge in [0.05, 0.1) is 0 Å². The van der Waals surface area contributed by atoms with Crippen LogP contribution < -0.4 is 0 Å². The van der Waals surface area contributed by atoms with Crippen LogP contribution in [-0.4, -0.2) is 9.52 Å². The van der Waals surface area contributed by atoms with E-state index in [4.69, 9.17) is 0 Å². The zero-order chi connectivity index (χ0) is 39.1. The van der Waals surface area contributed by atoms with E-state index in [1.165, 1.54) is 115 Å². The molecule has 6 aromatic rings. The van der Waals surface area contributed by atoms with Crippen LogP contribution in [0.2, 0.25) is 12.1 Å². The van der Waals surface area contributed by atoms with E-state index >= 15 is 0 Å². The summed E-state index contributed by atoms with van der Waals surface area (Å²) in [4.78, 5) is 0. The van der Waals surface area contributed by atoms with Crippen LogP contribution in [0.4, 0.5) is 0 Å². The molecule has 0 N–H and O–H groups in total. The van der Waals surface area contributed by atoms with Crippen LogP contribution in [0.5, 0.6) is 0 Å². The summed E-state index contributed by atoms with van der Waals surface area (Å²) in [6.07, 6.45) is 12.1. The quantitative estimate of drug-likeness (QED) is 0.115. The minimum atomic E-state index is 0. The summed E-state index contributed by atoms with van der Waals surface area (Å²) in [5.41, 5.74) is 7.89. The van der Waals surface area contributed by atoms with Crippen molar-refractivity contribution in [1.29, 1.82) is 0 Å². The molecule has 1 aliphatic heterocycles. The Balaban J connectivity index is 0. The summed E-state index contributed by atoms with van der Waals surface area (Å²) < 4.78 is 0. The predicted octanol–water partition coefficient (Wildman–Crippen LogP) is 16.9. The summed E-state index contributed by atoms with van der Waals surface area (Å²) in [5.74, 6) is 0. The van der Waals surface area contributed by atoms with E-state index in [2.05, 4.69) is 191 Å². The van der Waals surface area contributed by atoms with Gasteiger partial charge in [0.15, 0.2) is 0 Å². The van der Waals surface area contributed by atoms with Crippen LogP contribution in [0, 0.1) is 41.5 Å². The van der Waals surface area contributed by atoms with Crippen molar-refractivity contribution in [2.24, 2.45) is 0 Å². The molecule has 0 spiro atoms. The third-order valence-electron chi connectivity index (χ3n) is 8.33. The molecule has 1 saturated heterocycles. The number of hydrogen-bond donors (Lipinski definition) is 0. The number of fused-ring (bicyclic) bond motifs is 2. The summed E-state index contributed by atoms with van der Waals surface area (Å²) in [5, 5.41) is 5.37. The molecular formula is C52H70Hf2Si-6. The van der Waals surface area contributed by atoms with Crippen molar-refractivity contribution in [1.82, 2.24) is 0 Å². The van der Waals surface area contributed by atoms with Gasteiger partial charge in [-0.2, -0.15) is 37.8 Å². The van der Waals surface area contributed by atoms with Gasteiger partial charge in [0.2, 0.25) is 0 Å². The Morgan fingerprint density at radius 1 is 0.473 bits per heavy atom. The Bertz CT molecular complexity index is 1550. The molecule has 0 unspecified atom stereocenters. The normalized spacial score (nSPS) is 10.7. The third kappa shape index (κ3) is 23.2. The Kier molecular flexibility index (Phi) is 36.5. The number of rotatable bonds is 6. The smallest absolute Gasteiger partial charge is 0.0377 e. The molecular weight excluding hydrogens is 1010 g/mol. The molecule has 0 aromatic heterocycles. The van der Waals surface area contributed by atoms with Crippen LogP contribution >= 0.6 is 0 Å². The van der Waals surface area contributed by atoms with Crippen LogP contribution in [0.3, 0.4) is 0 Å². The van der Waals surface area contributed by atoms with Crippen LogP contribution in [-0.2, 0) is 51.7 Å². The van der Waals surface area contributed by atoms with Gasteiger partial charge in [-0.25, -0.2) is 0 Å². The van der Waals surface area contributed by atoms with Gasteiger partial charge in [-0.05, 0) is 11.1 Å². The van der Waals surface area contributed by atoms with Crippen molar-refractivity contribution < 1.29 is 51.7 Å². The second-order valence-corrected chi connectivity index (χ2v) is 14.8. The van der Waals surface area contributed by atoms with Gasteiger partial charge < -0.3 is 27.7 Å². The number of hydrogen-bond acceptors (Lipinski definition) is 0. The van der Waals surface area contributed by atoms with E-state index in [0.29, 0.717) is 0 Å². The molecule has 6 aromatic carbocycles. The van der Waals surface area contributed by atoms with Crippen molar-refractivity contribution in [2.75, 3.05) is 0 Å². The summed E-state index contributed by atoms with van der Waals surface area (Å²) in [6.45, 7) is 27.2. The van der Waals surface area contributed by atoms with Crippen molar-refractivity contribution in [3.05, 3.63) is 160 Å². The van der Waals surface area contributed by atoms with E-state index in [9.17, 15) is 0 Å². The minimum absolute atomic E-state index is 0. The molecule has 3 heteroatoms. The van der Waals surface area contributed by atoms with Crippen molar-refractivity contribution in [3.8, 4) is 22.3 Å². The van der Waals surface area contributed by atoms with E-state index in [0.717, 1.165) is 25.7 Å². The second kappa shape index (κ2) is 36.4. The van der Waals surface area contributed by atoms with E-state index < -0.39 is 0 Å². The Morgan fingerprint density at radius 3 is 1.04 bits per heavy atom. The fraction of sp³-hybridized carbons (Fsp3) is 0.346. The molecule has 0 nitrogen and oxygen atoms in total. The van der Waals surface area contributed by atoms with E-state index in [1.807, 2.05) is 0 Å². The predicted molar refractivity (Wildman–Crippen MR) is 245 cm³/mol. The first kappa shape index (κ1) is 55.2. The summed E-state index contributed by atoms with van der Waals surface area (Å²) in [6, 6.07) is 46.2. The van der Waals surface area contributed by atoms with Crippen LogP contribution in [0.15, 0.2) is 121 Å². The second-order valence-electron chi connectivity index (χ2n) is 13.3. The topological polar surface area (TPSA) is 0 Å². The molecule has 296 valence electrons. The maximum Gasteiger partial charge on any atom is 0.0377 e. The standard InChI is InChI=1S/2C16H13.C4H8Si.4C4H9.2Hf/c2*1-12-10-14-8-5-9-15(16(14)11-12)13-6-3-2-4-7-13;1-2-4-5-3-1;4*1-3-4-2;;/h2*2-11H,1H3;1-4H2;4*1,3-4H2,2H3;;/q2*-1;;4*-1;;. The monoisotopic (exact) mass is 1080 g/mol. The van der Waals surface area contributed by atoms with Gasteiger partial charge in [-0.15, -0.1) is 69.1 Å². The molecule has 1 fully saturated rings. The van der Waals surface area contributed by atoms with E-state index in [1.54, 1.807) is 0 Å². The molecule has 2 radical (unpaired) electrons. The molecule has 0 bridgehead atoms. The van der Waals surface area contributed by atoms with Crippen molar-refractivity contribution >= 4 is 31.1 Å².